The molecule has 1 nitrogen and oxygen atoms in total. The smallest absolute Gasteiger partial charge is 0.128 e. The van der Waals surface area contributed by atoms with Gasteiger partial charge < -0.3 is 4.79 Å². The second kappa shape index (κ2) is 6.92. The number of carbonyl (C=O) groups excluding carboxylic acids is 1. The summed E-state index contributed by atoms with van der Waals surface area (Å²) >= 11 is 0. The summed E-state index contributed by atoms with van der Waals surface area (Å²) in [7, 11) is 5.71. The monoisotopic (exact) mass is 314 g/mol. The summed E-state index contributed by atoms with van der Waals surface area (Å²) in [6.45, 7) is 7.18. The molecule has 0 spiro atoms. The zero-order chi connectivity index (χ0) is 16.6. The highest BCUT2D eigenvalue weighted by Gasteiger charge is 2.57. The van der Waals surface area contributed by atoms with Crippen LogP contribution in [0.1, 0.15) is 78.6 Å². The molecule has 3 saturated carbocycles. The Kier molecular flexibility index (Phi) is 5.29. The van der Waals surface area contributed by atoms with E-state index in [1.54, 1.807) is 0 Å². The van der Waals surface area contributed by atoms with Gasteiger partial charge in [0.25, 0.3) is 0 Å². The minimum Gasteiger partial charge on any atom is -0.300 e. The van der Waals surface area contributed by atoms with E-state index >= 15 is 0 Å². The fraction of sp³-hybridized carbons (Fsp3) is 0.952. The molecular formula is C21H35BO. The first-order chi connectivity index (χ1) is 11.1. The normalized spacial score (nSPS) is 46.2. The van der Waals surface area contributed by atoms with Crippen molar-refractivity contribution >= 4 is 13.6 Å². The molecule has 0 heterocycles. The predicted octanol–water partition coefficient (Wildman–Crippen LogP) is 5.44. The third kappa shape index (κ3) is 2.83. The maximum absolute atomic E-state index is 12.4. The van der Waals surface area contributed by atoms with Crippen molar-refractivity contribution in [2.75, 3.05) is 0 Å². The van der Waals surface area contributed by atoms with Crippen LogP contribution in [0.4, 0.5) is 0 Å². The summed E-state index contributed by atoms with van der Waals surface area (Å²) in [6, 6.07) is 0. The van der Waals surface area contributed by atoms with Crippen molar-refractivity contribution in [1.29, 1.82) is 0 Å². The van der Waals surface area contributed by atoms with Crippen LogP contribution < -0.4 is 0 Å². The van der Waals surface area contributed by atoms with E-state index in [0.717, 1.165) is 36.0 Å². The Morgan fingerprint density at radius 3 is 2.52 bits per heavy atom. The van der Waals surface area contributed by atoms with Crippen LogP contribution in [0.5, 0.6) is 0 Å². The maximum atomic E-state index is 12.4. The van der Waals surface area contributed by atoms with Gasteiger partial charge in [-0.25, -0.2) is 0 Å². The number of ketones is 1. The topological polar surface area (TPSA) is 17.1 Å². The van der Waals surface area contributed by atoms with Gasteiger partial charge in [-0.15, -0.1) is 0 Å². The lowest BCUT2D eigenvalue weighted by molar-refractivity contribution is -0.127. The molecule has 2 heteroatoms. The number of hydrogen-bond acceptors (Lipinski definition) is 1. The molecule has 3 aliphatic rings. The highest BCUT2D eigenvalue weighted by molar-refractivity contribution is 6.20. The third-order valence-electron chi connectivity index (χ3n) is 8.26. The molecule has 0 aromatic carbocycles. The standard InChI is InChI=1S/C21H35BO/c1-4-6-15-14(5-2)7-8-17-16(15)11-12-21(3)18(17)9-10-19(21)20(23)13-22/h14-19H,4-13H2,1-3H3. The molecule has 0 bridgehead atoms. The van der Waals surface area contributed by atoms with Crippen LogP contribution in [0, 0.1) is 40.9 Å². The molecule has 0 aliphatic heterocycles. The van der Waals surface area contributed by atoms with E-state index in [1.807, 2.05) is 0 Å². The van der Waals surface area contributed by atoms with Crippen molar-refractivity contribution < 1.29 is 4.79 Å². The number of fused-ring (bicyclic) bond motifs is 3. The average Bonchev–Trinajstić information content (AvgIpc) is 2.92. The Morgan fingerprint density at radius 1 is 1.09 bits per heavy atom. The Morgan fingerprint density at radius 2 is 1.87 bits per heavy atom. The van der Waals surface area contributed by atoms with E-state index in [1.165, 1.54) is 51.4 Å². The van der Waals surface area contributed by atoms with E-state index in [0.29, 0.717) is 5.78 Å². The third-order valence-corrected chi connectivity index (χ3v) is 8.26. The first kappa shape index (κ1) is 17.6. The fourth-order valence-electron chi connectivity index (χ4n) is 7.20. The average molecular weight is 314 g/mol. The van der Waals surface area contributed by atoms with Crippen LogP contribution in [0.25, 0.3) is 0 Å². The van der Waals surface area contributed by atoms with Gasteiger partial charge in [-0.2, -0.15) is 0 Å². The molecule has 0 N–H and O–H groups in total. The first-order valence-corrected chi connectivity index (χ1v) is 10.3. The van der Waals surface area contributed by atoms with Crippen molar-refractivity contribution in [3.63, 3.8) is 0 Å². The summed E-state index contributed by atoms with van der Waals surface area (Å²) in [6.07, 6.45) is 12.3. The van der Waals surface area contributed by atoms with E-state index in [2.05, 4.69) is 20.8 Å². The van der Waals surface area contributed by atoms with Gasteiger partial charge in [-0.05, 0) is 79.8 Å². The molecular weight excluding hydrogens is 279 g/mol. The van der Waals surface area contributed by atoms with Gasteiger partial charge in [-0.1, -0.05) is 40.0 Å². The molecule has 3 fully saturated rings. The number of Topliss-reactive ketones (excluding diaryl/α,β-unsaturated/α-hetero) is 1. The summed E-state index contributed by atoms with van der Waals surface area (Å²) in [5, 5.41) is 0. The predicted molar refractivity (Wildman–Crippen MR) is 97.5 cm³/mol. The van der Waals surface area contributed by atoms with E-state index in [4.69, 9.17) is 7.85 Å². The fourth-order valence-corrected chi connectivity index (χ4v) is 7.20. The molecule has 0 amide bonds. The number of hydrogen-bond donors (Lipinski definition) is 0. The van der Waals surface area contributed by atoms with E-state index < -0.39 is 0 Å². The van der Waals surface area contributed by atoms with Crippen molar-refractivity contribution in [3.05, 3.63) is 0 Å². The van der Waals surface area contributed by atoms with Crippen LogP contribution in [-0.2, 0) is 4.79 Å². The Bertz CT molecular complexity index is 434. The molecule has 0 saturated heterocycles. The Balaban J connectivity index is 1.81. The molecule has 0 aromatic rings. The zero-order valence-corrected chi connectivity index (χ0v) is 15.5. The van der Waals surface area contributed by atoms with Crippen molar-refractivity contribution in [2.24, 2.45) is 40.9 Å². The van der Waals surface area contributed by atoms with Gasteiger partial charge in [0.05, 0.1) is 7.85 Å². The minimum absolute atomic E-state index is 0.247. The number of carbonyl (C=O) groups is 1. The Labute approximate surface area is 144 Å². The van der Waals surface area contributed by atoms with Crippen molar-refractivity contribution in [2.45, 2.75) is 84.9 Å². The van der Waals surface area contributed by atoms with Crippen LogP contribution in [0.3, 0.4) is 0 Å². The molecule has 3 rings (SSSR count). The molecule has 0 aromatic heterocycles. The van der Waals surface area contributed by atoms with Gasteiger partial charge in [0.1, 0.15) is 5.78 Å². The number of rotatable bonds is 5. The summed E-state index contributed by atoms with van der Waals surface area (Å²) in [5.41, 5.74) is 0.257. The van der Waals surface area contributed by atoms with Crippen LogP contribution in [0.2, 0.25) is 6.32 Å². The van der Waals surface area contributed by atoms with E-state index in [-0.39, 0.29) is 17.7 Å². The van der Waals surface area contributed by atoms with Crippen molar-refractivity contribution in [1.82, 2.24) is 0 Å². The second-order valence-corrected chi connectivity index (χ2v) is 8.98. The summed E-state index contributed by atoms with van der Waals surface area (Å²) in [4.78, 5) is 12.4. The van der Waals surface area contributed by atoms with Gasteiger partial charge in [0, 0.05) is 5.92 Å². The summed E-state index contributed by atoms with van der Waals surface area (Å²) in [5.74, 6) is 5.13. The van der Waals surface area contributed by atoms with Crippen LogP contribution in [-0.4, -0.2) is 13.6 Å². The molecule has 7 unspecified atom stereocenters. The van der Waals surface area contributed by atoms with Crippen LogP contribution in [0.15, 0.2) is 0 Å². The SMILES string of the molecule is [B]CC(=O)C1CCC2C3CCC(CC)C(CCC)C3CCC12C. The lowest BCUT2D eigenvalue weighted by Crippen LogP contribution is -2.48. The van der Waals surface area contributed by atoms with Gasteiger partial charge in [0.15, 0.2) is 0 Å². The molecule has 2 radical (unpaired) electrons. The lowest BCUT2D eigenvalue weighted by atomic mass is 9.50. The largest absolute Gasteiger partial charge is 0.300 e. The molecule has 128 valence electrons. The highest BCUT2D eigenvalue weighted by atomic mass is 16.1. The first-order valence-electron chi connectivity index (χ1n) is 10.3. The molecule has 7 atom stereocenters. The van der Waals surface area contributed by atoms with Gasteiger partial charge >= 0.3 is 0 Å². The minimum atomic E-state index is 0.247. The van der Waals surface area contributed by atoms with Gasteiger partial charge in [0.2, 0.25) is 0 Å². The van der Waals surface area contributed by atoms with Crippen LogP contribution >= 0.6 is 0 Å². The zero-order valence-electron chi connectivity index (χ0n) is 15.5. The van der Waals surface area contributed by atoms with E-state index in [9.17, 15) is 4.79 Å². The maximum Gasteiger partial charge on any atom is 0.128 e. The summed E-state index contributed by atoms with van der Waals surface area (Å²) < 4.78 is 0. The quantitative estimate of drug-likeness (QED) is 0.618. The van der Waals surface area contributed by atoms with Gasteiger partial charge in [-0.3, -0.25) is 0 Å². The lowest BCUT2D eigenvalue weighted by Gasteiger charge is -2.54. The Hall–Kier alpha value is -0.265. The second-order valence-electron chi connectivity index (χ2n) is 8.98. The molecule has 3 aliphatic carbocycles. The highest BCUT2D eigenvalue weighted by Crippen LogP contribution is 2.63. The van der Waals surface area contributed by atoms with Crippen molar-refractivity contribution in [3.8, 4) is 0 Å². The molecule has 23 heavy (non-hydrogen) atoms.